The normalized spacial score (nSPS) is 20.6. The molecule has 1 aromatic rings. The van der Waals surface area contributed by atoms with Gasteiger partial charge >= 0.3 is 6.03 Å². The first-order chi connectivity index (χ1) is 8.08. The number of nitrogens with one attached hydrogen (secondary N) is 3. The summed E-state index contributed by atoms with van der Waals surface area (Å²) in [7, 11) is 1.80. The Hall–Kier alpha value is -2.12. The van der Waals surface area contributed by atoms with Gasteiger partial charge in [-0.05, 0) is 6.92 Å². The third kappa shape index (κ3) is 2.35. The molecule has 1 aliphatic rings. The van der Waals surface area contributed by atoms with Gasteiger partial charge in [-0.3, -0.25) is 4.79 Å². The molecule has 2 heterocycles. The van der Waals surface area contributed by atoms with E-state index >= 15 is 0 Å². The minimum atomic E-state index is -0.529. The largest absolute Gasteiger partial charge is 0.345 e. The molecule has 3 amide bonds. The molecule has 2 rings (SSSR count). The van der Waals surface area contributed by atoms with Crippen molar-refractivity contribution in [2.45, 2.75) is 19.0 Å². The van der Waals surface area contributed by atoms with Gasteiger partial charge in [0.1, 0.15) is 12.4 Å². The van der Waals surface area contributed by atoms with E-state index in [4.69, 9.17) is 0 Å². The molecule has 1 aliphatic heterocycles. The third-order valence-electron chi connectivity index (χ3n) is 2.58. The number of aromatic nitrogens is 3. The lowest BCUT2D eigenvalue weighted by molar-refractivity contribution is -0.123. The van der Waals surface area contributed by atoms with Crippen LogP contribution in [0.1, 0.15) is 18.8 Å². The zero-order valence-electron chi connectivity index (χ0n) is 9.60. The zero-order valence-corrected chi connectivity index (χ0v) is 9.60. The Bertz CT molecular complexity index is 442. The summed E-state index contributed by atoms with van der Waals surface area (Å²) < 4.78 is 1.73. The van der Waals surface area contributed by atoms with Gasteiger partial charge in [0, 0.05) is 13.6 Å². The topological polar surface area (TPSA) is 101 Å². The summed E-state index contributed by atoms with van der Waals surface area (Å²) in [4.78, 5) is 22.7. The van der Waals surface area contributed by atoms with Gasteiger partial charge in [0.25, 0.3) is 0 Å². The van der Waals surface area contributed by atoms with Gasteiger partial charge in [0.15, 0.2) is 5.82 Å². The van der Waals surface area contributed by atoms with Crippen LogP contribution >= 0.6 is 0 Å². The maximum absolute atomic E-state index is 11.8. The highest BCUT2D eigenvalue weighted by Crippen LogP contribution is 2.07. The number of carbonyl (C=O) groups is 2. The molecule has 0 aromatic carbocycles. The molecule has 17 heavy (non-hydrogen) atoms. The van der Waals surface area contributed by atoms with Crippen molar-refractivity contribution in [2.24, 2.45) is 7.05 Å². The van der Waals surface area contributed by atoms with E-state index in [0.717, 1.165) is 0 Å². The predicted molar refractivity (Wildman–Crippen MR) is 57.9 cm³/mol. The number of rotatable bonds is 3. The van der Waals surface area contributed by atoms with Crippen LogP contribution in [0.25, 0.3) is 0 Å². The molecular formula is C9H14N6O2. The summed E-state index contributed by atoms with van der Waals surface area (Å²) in [5.41, 5.74) is 0. The number of amides is 3. The highest BCUT2D eigenvalue weighted by molar-refractivity contribution is 5.90. The maximum atomic E-state index is 11.8. The van der Waals surface area contributed by atoms with E-state index in [1.165, 1.54) is 0 Å². The first-order valence-corrected chi connectivity index (χ1v) is 5.26. The van der Waals surface area contributed by atoms with Crippen molar-refractivity contribution in [1.82, 2.24) is 30.7 Å². The fraction of sp³-hybridized carbons (Fsp3) is 0.556. The minimum absolute atomic E-state index is 0.237. The molecule has 1 fully saturated rings. The van der Waals surface area contributed by atoms with Crippen LogP contribution in [0.15, 0.2) is 6.33 Å². The molecule has 1 saturated heterocycles. The number of urea groups is 1. The maximum Gasteiger partial charge on any atom is 0.315 e. The number of nitrogens with zero attached hydrogens (tertiary/aromatic N) is 3. The monoisotopic (exact) mass is 238 g/mol. The van der Waals surface area contributed by atoms with Crippen molar-refractivity contribution in [3.63, 3.8) is 0 Å². The Labute approximate surface area is 97.8 Å². The summed E-state index contributed by atoms with van der Waals surface area (Å²) in [6.07, 6.45) is 1.57. The van der Waals surface area contributed by atoms with Gasteiger partial charge in [0.2, 0.25) is 5.91 Å². The number of aryl methyl sites for hydroxylation is 1. The molecule has 3 N–H and O–H groups in total. The van der Waals surface area contributed by atoms with E-state index < -0.39 is 6.04 Å². The highest BCUT2D eigenvalue weighted by Gasteiger charge is 2.28. The molecule has 0 aliphatic carbocycles. The van der Waals surface area contributed by atoms with Crippen LogP contribution in [-0.2, 0) is 11.8 Å². The van der Waals surface area contributed by atoms with Gasteiger partial charge in [-0.25, -0.2) is 4.79 Å². The Morgan fingerprint density at radius 1 is 1.71 bits per heavy atom. The zero-order chi connectivity index (χ0) is 12.4. The van der Waals surface area contributed by atoms with E-state index in [-0.39, 0.29) is 18.0 Å². The molecule has 0 bridgehead atoms. The van der Waals surface area contributed by atoms with Crippen LogP contribution < -0.4 is 16.0 Å². The lowest BCUT2D eigenvalue weighted by Gasteiger charge is -2.15. The van der Waals surface area contributed by atoms with Crippen LogP contribution in [0, 0.1) is 0 Å². The van der Waals surface area contributed by atoms with Crippen molar-refractivity contribution in [2.75, 3.05) is 6.54 Å². The molecule has 1 aromatic heterocycles. The molecule has 0 unspecified atom stereocenters. The molecule has 0 radical (unpaired) electrons. The van der Waals surface area contributed by atoms with E-state index in [1.54, 1.807) is 17.9 Å². The smallest absolute Gasteiger partial charge is 0.315 e. The molecule has 0 spiro atoms. The van der Waals surface area contributed by atoms with Crippen molar-refractivity contribution in [3.05, 3.63) is 12.2 Å². The molecular weight excluding hydrogens is 224 g/mol. The summed E-state index contributed by atoms with van der Waals surface area (Å²) in [6.45, 7) is 2.11. The minimum Gasteiger partial charge on any atom is -0.345 e. The molecule has 8 nitrogen and oxygen atoms in total. The van der Waals surface area contributed by atoms with Crippen molar-refractivity contribution < 1.29 is 9.59 Å². The van der Waals surface area contributed by atoms with E-state index in [2.05, 4.69) is 26.1 Å². The second-order valence-corrected chi connectivity index (χ2v) is 3.94. The number of hydrogen-bond acceptors (Lipinski definition) is 4. The average Bonchev–Trinajstić information content (AvgIpc) is 2.86. The highest BCUT2D eigenvalue weighted by atomic mass is 16.2. The van der Waals surface area contributed by atoms with Crippen molar-refractivity contribution in [3.8, 4) is 0 Å². The first kappa shape index (κ1) is 11.4. The molecule has 92 valence electrons. The SMILES string of the molecule is C[C@H](NC(=O)[C@@H]1CNC(=O)N1)c1nncn1C. The second-order valence-electron chi connectivity index (χ2n) is 3.94. The van der Waals surface area contributed by atoms with Gasteiger partial charge in [-0.1, -0.05) is 0 Å². The van der Waals surface area contributed by atoms with Gasteiger partial charge in [-0.15, -0.1) is 10.2 Å². The second kappa shape index (κ2) is 4.40. The quantitative estimate of drug-likeness (QED) is 0.607. The lowest BCUT2D eigenvalue weighted by atomic mass is 10.2. The van der Waals surface area contributed by atoms with Crippen molar-refractivity contribution >= 4 is 11.9 Å². The van der Waals surface area contributed by atoms with E-state index in [1.807, 2.05) is 6.92 Å². The van der Waals surface area contributed by atoms with Crippen LogP contribution in [-0.4, -0.2) is 39.3 Å². The van der Waals surface area contributed by atoms with Gasteiger partial charge in [0.05, 0.1) is 6.04 Å². The summed E-state index contributed by atoms with van der Waals surface area (Å²) >= 11 is 0. The van der Waals surface area contributed by atoms with E-state index in [9.17, 15) is 9.59 Å². The van der Waals surface area contributed by atoms with E-state index in [0.29, 0.717) is 12.4 Å². The Balaban J connectivity index is 1.95. The number of hydrogen-bond donors (Lipinski definition) is 3. The molecule has 8 heteroatoms. The van der Waals surface area contributed by atoms with Crippen LogP contribution in [0.4, 0.5) is 4.79 Å². The van der Waals surface area contributed by atoms with Crippen LogP contribution in [0.2, 0.25) is 0 Å². The van der Waals surface area contributed by atoms with Gasteiger partial charge < -0.3 is 20.5 Å². The first-order valence-electron chi connectivity index (χ1n) is 5.26. The van der Waals surface area contributed by atoms with Gasteiger partial charge in [-0.2, -0.15) is 0 Å². The lowest BCUT2D eigenvalue weighted by Crippen LogP contribution is -2.44. The molecule has 2 atom stereocenters. The Morgan fingerprint density at radius 3 is 3.00 bits per heavy atom. The Kier molecular flexibility index (Phi) is 2.94. The number of carbonyl (C=O) groups excluding carboxylic acids is 2. The summed E-state index contributed by atoms with van der Waals surface area (Å²) in [5.74, 6) is 0.425. The van der Waals surface area contributed by atoms with Crippen molar-refractivity contribution in [1.29, 1.82) is 0 Å². The standard InChI is InChI=1S/C9H14N6O2/c1-5(7-14-11-4-15(7)2)12-8(16)6-3-10-9(17)13-6/h4-6H,3H2,1-2H3,(H,12,16)(H2,10,13,17)/t5-,6-/m0/s1. The average molecular weight is 238 g/mol. The molecule has 0 saturated carbocycles. The fourth-order valence-corrected chi connectivity index (χ4v) is 1.68. The third-order valence-corrected chi connectivity index (χ3v) is 2.58. The Morgan fingerprint density at radius 2 is 2.47 bits per heavy atom. The fourth-order valence-electron chi connectivity index (χ4n) is 1.68. The predicted octanol–water partition coefficient (Wildman–Crippen LogP) is -1.33. The van der Waals surface area contributed by atoms with Crippen LogP contribution in [0.3, 0.4) is 0 Å². The summed E-state index contributed by atoms with van der Waals surface area (Å²) in [6, 6.07) is -1.11. The van der Waals surface area contributed by atoms with Crippen LogP contribution in [0.5, 0.6) is 0 Å². The summed E-state index contributed by atoms with van der Waals surface area (Å²) in [5, 5.41) is 15.5.